The van der Waals surface area contributed by atoms with Crippen LogP contribution in [0.3, 0.4) is 0 Å². The van der Waals surface area contributed by atoms with E-state index in [9.17, 15) is 19.2 Å². The van der Waals surface area contributed by atoms with Crippen molar-refractivity contribution in [1.29, 1.82) is 0 Å². The number of nitrogens with zero attached hydrogens (tertiary/aromatic N) is 3. The van der Waals surface area contributed by atoms with Crippen LogP contribution in [0.15, 0.2) is 54.2 Å². The van der Waals surface area contributed by atoms with E-state index in [0.29, 0.717) is 25.1 Å². The summed E-state index contributed by atoms with van der Waals surface area (Å²) in [5.74, 6) is -1.22. The minimum absolute atomic E-state index is 0.0235. The molecule has 0 bridgehead atoms. The third kappa shape index (κ3) is 8.53. The Morgan fingerprint density at radius 3 is 2.45 bits per heavy atom. The lowest BCUT2D eigenvalue weighted by Crippen LogP contribution is -2.47. The topological polar surface area (TPSA) is 153 Å². The van der Waals surface area contributed by atoms with Crippen LogP contribution >= 0.6 is 0 Å². The summed E-state index contributed by atoms with van der Waals surface area (Å²) in [4.78, 5) is 57.6. The van der Waals surface area contributed by atoms with E-state index in [2.05, 4.69) is 30.9 Å². The Morgan fingerprint density at radius 2 is 1.74 bits per heavy atom. The van der Waals surface area contributed by atoms with Crippen molar-refractivity contribution in [3.05, 3.63) is 59.8 Å². The summed E-state index contributed by atoms with van der Waals surface area (Å²) in [6.07, 6.45) is 4.76. The zero-order valence-electron chi connectivity index (χ0n) is 23.8. The molecule has 0 atom stereocenters. The predicted octanol–water partition coefficient (Wildman–Crippen LogP) is 3.66. The van der Waals surface area contributed by atoms with Crippen LogP contribution < -0.4 is 20.7 Å². The van der Waals surface area contributed by atoms with Crippen molar-refractivity contribution in [3.63, 3.8) is 0 Å². The van der Waals surface area contributed by atoms with Gasteiger partial charge in [0, 0.05) is 50.6 Å². The number of carbonyl (C=O) groups is 4. The Kier molecular flexibility index (Phi) is 10.9. The number of hydrogen-bond donors (Lipinski definition) is 2. The van der Waals surface area contributed by atoms with Crippen LogP contribution in [0.5, 0.6) is 5.75 Å². The van der Waals surface area contributed by atoms with Gasteiger partial charge in [0.1, 0.15) is 11.6 Å². The number of para-hydroxylation sites is 2. The molecule has 12 nitrogen and oxygen atoms in total. The maximum Gasteiger partial charge on any atom is 0.420 e. The molecule has 2 aromatic rings. The Hall–Kier alpha value is -4.45. The highest BCUT2D eigenvalue weighted by atomic mass is 16.6. The number of pyridine rings is 1. The highest BCUT2D eigenvalue weighted by Crippen LogP contribution is 2.31. The SMILES string of the molecule is COc1ccccc1N1CCN(CCc2cccnc2NC(=O)OC(=O)/C(=C\C(=O)OC(N)=O)C2CCCCC2)CC1. The molecule has 0 unspecified atom stereocenters. The summed E-state index contributed by atoms with van der Waals surface area (Å²) in [5, 5.41) is 2.56. The number of aromatic nitrogens is 1. The van der Waals surface area contributed by atoms with E-state index in [0.717, 1.165) is 75.1 Å². The van der Waals surface area contributed by atoms with Gasteiger partial charge in [0.05, 0.1) is 12.8 Å². The first kappa shape index (κ1) is 30.5. The fourth-order valence-electron chi connectivity index (χ4n) is 5.41. The molecule has 224 valence electrons. The molecule has 1 aromatic heterocycles. The molecule has 1 aromatic carbocycles. The van der Waals surface area contributed by atoms with Gasteiger partial charge in [-0.1, -0.05) is 37.5 Å². The number of esters is 2. The molecule has 1 saturated carbocycles. The number of methoxy groups -OCH3 is 1. The third-order valence-electron chi connectivity index (χ3n) is 7.55. The van der Waals surface area contributed by atoms with Crippen LogP contribution in [0.1, 0.15) is 37.7 Å². The summed E-state index contributed by atoms with van der Waals surface area (Å²) in [6.45, 7) is 4.20. The number of nitrogens with two attached hydrogens (primary N) is 1. The third-order valence-corrected chi connectivity index (χ3v) is 7.55. The molecule has 42 heavy (non-hydrogen) atoms. The van der Waals surface area contributed by atoms with Crippen molar-refractivity contribution in [1.82, 2.24) is 9.88 Å². The van der Waals surface area contributed by atoms with Crippen molar-refractivity contribution in [3.8, 4) is 5.75 Å². The second-order valence-electron chi connectivity index (χ2n) is 10.2. The minimum Gasteiger partial charge on any atom is -0.495 e. The molecule has 2 heterocycles. The van der Waals surface area contributed by atoms with Crippen LogP contribution in [0.25, 0.3) is 0 Å². The van der Waals surface area contributed by atoms with Gasteiger partial charge in [0.2, 0.25) is 0 Å². The van der Waals surface area contributed by atoms with Gasteiger partial charge in [-0.05, 0) is 48.9 Å². The lowest BCUT2D eigenvalue weighted by atomic mass is 9.83. The van der Waals surface area contributed by atoms with E-state index in [1.54, 1.807) is 19.4 Å². The molecule has 1 aliphatic heterocycles. The fraction of sp³-hybridized carbons (Fsp3) is 0.433. The van der Waals surface area contributed by atoms with Gasteiger partial charge in [0.25, 0.3) is 0 Å². The van der Waals surface area contributed by atoms with Gasteiger partial charge in [0.15, 0.2) is 0 Å². The number of anilines is 2. The molecular formula is C30H37N5O7. The largest absolute Gasteiger partial charge is 0.495 e. The van der Waals surface area contributed by atoms with Crippen LogP contribution in [0, 0.1) is 5.92 Å². The van der Waals surface area contributed by atoms with Crippen LogP contribution in [0.2, 0.25) is 0 Å². The molecule has 12 heteroatoms. The highest BCUT2D eigenvalue weighted by Gasteiger charge is 2.28. The number of primary amides is 1. The van der Waals surface area contributed by atoms with Crippen molar-refractivity contribution in [2.45, 2.75) is 38.5 Å². The Morgan fingerprint density at radius 1 is 1.00 bits per heavy atom. The molecular weight excluding hydrogens is 542 g/mol. The van der Waals surface area contributed by atoms with Gasteiger partial charge >= 0.3 is 24.1 Å². The van der Waals surface area contributed by atoms with Gasteiger partial charge in [-0.2, -0.15) is 0 Å². The molecule has 1 saturated heterocycles. The zero-order chi connectivity index (χ0) is 29.9. The van der Waals surface area contributed by atoms with Crippen molar-refractivity contribution in [2.24, 2.45) is 11.7 Å². The normalized spacial score (nSPS) is 16.4. The Bertz CT molecular complexity index is 1300. The number of carbonyl (C=O) groups excluding carboxylic acids is 4. The molecule has 3 N–H and O–H groups in total. The highest BCUT2D eigenvalue weighted by molar-refractivity contribution is 6.04. The standard InChI is InChI=1S/C30H37N5O7/c1-40-25-12-6-5-11-24(25)35-18-16-34(17-19-35)15-13-22-10-7-14-32-27(22)33-30(39)42-28(37)23(20-26(36)41-29(31)38)21-8-3-2-4-9-21/h5-7,10-12,14,20-21H,2-4,8-9,13,15-19H2,1H3,(H2,31,38)(H,32,33,39)/b23-20-. The second-order valence-corrected chi connectivity index (χ2v) is 10.2. The monoisotopic (exact) mass is 579 g/mol. The summed E-state index contributed by atoms with van der Waals surface area (Å²) in [5.41, 5.74) is 6.76. The number of nitrogens with one attached hydrogen (secondary N) is 1. The smallest absolute Gasteiger partial charge is 0.420 e. The van der Waals surface area contributed by atoms with Gasteiger partial charge < -0.3 is 24.8 Å². The average Bonchev–Trinajstić information content (AvgIpc) is 2.99. The number of hydrogen-bond acceptors (Lipinski definition) is 10. The molecule has 2 aliphatic rings. The lowest BCUT2D eigenvalue weighted by molar-refractivity contribution is -0.135. The molecule has 0 spiro atoms. The summed E-state index contributed by atoms with van der Waals surface area (Å²) in [6, 6.07) is 11.6. The minimum atomic E-state index is -1.29. The van der Waals surface area contributed by atoms with E-state index in [1.807, 2.05) is 24.3 Å². The molecule has 2 amide bonds. The second kappa shape index (κ2) is 15.0. The number of piperazine rings is 1. The predicted molar refractivity (Wildman–Crippen MR) is 155 cm³/mol. The molecule has 0 radical (unpaired) electrons. The van der Waals surface area contributed by atoms with E-state index in [4.69, 9.17) is 15.2 Å². The summed E-state index contributed by atoms with van der Waals surface area (Å²) in [7, 11) is 1.68. The number of ether oxygens (including phenoxy) is 3. The van der Waals surface area contributed by atoms with Crippen LogP contribution in [0.4, 0.5) is 21.1 Å². The quantitative estimate of drug-likeness (QED) is 0.256. The van der Waals surface area contributed by atoms with Crippen molar-refractivity contribution < 1.29 is 33.4 Å². The Balaban J connectivity index is 1.33. The lowest BCUT2D eigenvalue weighted by Gasteiger charge is -2.36. The average molecular weight is 580 g/mol. The number of benzene rings is 1. The van der Waals surface area contributed by atoms with Gasteiger partial charge in [-0.15, -0.1) is 0 Å². The summed E-state index contributed by atoms with van der Waals surface area (Å²) < 4.78 is 14.9. The summed E-state index contributed by atoms with van der Waals surface area (Å²) >= 11 is 0. The van der Waals surface area contributed by atoms with E-state index >= 15 is 0 Å². The van der Waals surface area contributed by atoms with E-state index in [1.165, 1.54) is 0 Å². The first-order chi connectivity index (χ1) is 20.3. The van der Waals surface area contributed by atoms with Crippen molar-refractivity contribution in [2.75, 3.05) is 50.1 Å². The molecule has 2 fully saturated rings. The fourth-order valence-corrected chi connectivity index (χ4v) is 5.41. The van der Waals surface area contributed by atoms with Crippen molar-refractivity contribution >= 4 is 35.6 Å². The number of rotatable bonds is 9. The first-order valence-electron chi connectivity index (χ1n) is 14.1. The molecule has 4 rings (SSSR count). The number of amides is 2. The van der Waals surface area contributed by atoms with Crippen LogP contribution in [-0.2, 0) is 25.5 Å². The maximum atomic E-state index is 12.9. The Labute approximate surface area is 244 Å². The van der Waals surface area contributed by atoms with Gasteiger partial charge in [-0.3, -0.25) is 10.2 Å². The maximum absolute atomic E-state index is 12.9. The van der Waals surface area contributed by atoms with Crippen LogP contribution in [-0.4, -0.2) is 73.8 Å². The van der Waals surface area contributed by atoms with E-state index in [-0.39, 0.29) is 11.5 Å². The zero-order valence-corrected chi connectivity index (χ0v) is 23.8. The van der Waals surface area contributed by atoms with Gasteiger partial charge in [-0.25, -0.2) is 24.2 Å². The first-order valence-corrected chi connectivity index (χ1v) is 14.1. The molecule has 1 aliphatic carbocycles. The van der Waals surface area contributed by atoms with E-state index < -0.39 is 24.1 Å².